The second-order valence-electron chi connectivity index (χ2n) is 9.32. The Labute approximate surface area is 188 Å². The van der Waals surface area contributed by atoms with Crippen LogP contribution in [0.4, 0.5) is 4.79 Å². The van der Waals surface area contributed by atoms with E-state index in [0.717, 1.165) is 46.4 Å². The molecule has 5 rings (SSSR count). The monoisotopic (exact) mass is 431 g/mol. The Morgan fingerprint density at radius 1 is 0.969 bits per heavy atom. The van der Waals surface area contributed by atoms with Crippen LogP contribution in [0.1, 0.15) is 50.2 Å². The molecular formula is C26H29N3O3. The molecule has 2 aromatic carbocycles. The number of urea groups is 1. The molecule has 0 atom stereocenters. The molecule has 1 spiro atoms. The maximum absolute atomic E-state index is 13.3. The zero-order valence-electron chi connectivity index (χ0n) is 18.5. The van der Waals surface area contributed by atoms with E-state index in [2.05, 4.69) is 24.4 Å². The summed E-state index contributed by atoms with van der Waals surface area (Å²) in [5, 5.41) is 2.93. The van der Waals surface area contributed by atoms with E-state index in [4.69, 9.17) is 0 Å². The first kappa shape index (κ1) is 20.7. The van der Waals surface area contributed by atoms with E-state index in [-0.39, 0.29) is 18.4 Å². The Bertz CT molecular complexity index is 1020. The number of hydrogen-bond donors (Lipinski definition) is 1. The molecular weight excluding hydrogens is 402 g/mol. The zero-order valence-corrected chi connectivity index (χ0v) is 18.5. The summed E-state index contributed by atoms with van der Waals surface area (Å²) >= 11 is 0. The predicted octanol–water partition coefficient (Wildman–Crippen LogP) is 4.09. The number of nitrogens with zero attached hydrogens (tertiary/aromatic N) is 2. The molecule has 1 N–H and O–H groups in total. The minimum absolute atomic E-state index is 0.209. The SMILES string of the molecule is CCC1CCC2(CC1)NC(=O)N(CC(=O)N1Cc3ccccc3-c3ccccc3C1)C2=O. The molecule has 2 aromatic rings. The summed E-state index contributed by atoms with van der Waals surface area (Å²) in [5.41, 5.74) is 3.57. The molecule has 0 unspecified atom stereocenters. The van der Waals surface area contributed by atoms with Crippen molar-refractivity contribution in [2.45, 2.75) is 57.7 Å². The maximum Gasteiger partial charge on any atom is 0.325 e. The van der Waals surface area contributed by atoms with Gasteiger partial charge in [-0.05, 0) is 53.9 Å². The van der Waals surface area contributed by atoms with Crippen molar-refractivity contribution >= 4 is 17.8 Å². The summed E-state index contributed by atoms with van der Waals surface area (Å²) in [7, 11) is 0. The molecule has 0 radical (unpaired) electrons. The maximum atomic E-state index is 13.3. The number of carbonyl (C=O) groups is 3. The number of rotatable bonds is 3. The summed E-state index contributed by atoms with van der Waals surface area (Å²) < 4.78 is 0. The van der Waals surface area contributed by atoms with E-state index < -0.39 is 11.6 Å². The minimum Gasteiger partial charge on any atom is -0.332 e. The topological polar surface area (TPSA) is 69.7 Å². The van der Waals surface area contributed by atoms with Crippen molar-refractivity contribution in [2.75, 3.05) is 6.54 Å². The predicted molar refractivity (Wildman–Crippen MR) is 121 cm³/mol. The minimum atomic E-state index is -0.818. The third-order valence-electron chi connectivity index (χ3n) is 7.48. The largest absolute Gasteiger partial charge is 0.332 e. The molecule has 1 saturated carbocycles. The van der Waals surface area contributed by atoms with Gasteiger partial charge in [-0.2, -0.15) is 0 Å². The van der Waals surface area contributed by atoms with Crippen LogP contribution in [-0.2, 0) is 22.7 Å². The second-order valence-corrected chi connectivity index (χ2v) is 9.32. The first-order valence-electron chi connectivity index (χ1n) is 11.6. The normalized spacial score (nSPS) is 24.7. The van der Waals surface area contributed by atoms with Gasteiger partial charge in [0.25, 0.3) is 5.91 Å². The summed E-state index contributed by atoms with van der Waals surface area (Å²) in [6.45, 7) is 2.86. The van der Waals surface area contributed by atoms with Crippen LogP contribution in [-0.4, -0.2) is 39.7 Å². The molecule has 1 aliphatic carbocycles. The Kier molecular flexibility index (Phi) is 5.24. The molecule has 0 aromatic heterocycles. The lowest BCUT2D eigenvalue weighted by Gasteiger charge is -2.34. The average Bonchev–Trinajstić information content (AvgIpc) is 2.95. The third-order valence-corrected chi connectivity index (χ3v) is 7.48. The number of amides is 4. The molecule has 3 aliphatic rings. The Morgan fingerprint density at radius 3 is 2.09 bits per heavy atom. The standard InChI is InChI=1S/C26H29N3O3/c1-2-18-11-13-26(14-12-18)24(31)29(25(32)27-26)17-23(30)28-15-19-7-3-5-9-21(19)22-10-6-4-8-20(22)16-28/h3-10,18H,2,11-17H2,1H3,(H,27,32). The van der Waals surface area contributed by atoms with Crippen LogP contribution in [0.2, 0.25) is 0 Å². The molecule has 6 nitrogen and oxygen atoms in total. The second kappa shape index (κ2) is 8.08. The lowest BCUT2D eigenvalue weighted by atomic mass is 9.75. The molecule has 2 fully saturated rings. The number of carbonyl (C=O) groups excluding carboxylic acids is 3. The summed E-state index contributed by atoms with van der Waals surface area (Å²) in [6.07, 6.45) is 4.28. The van der Waals surface area contributed by atoms with Gasteiger partial charge in [0.15, 0.2) is 0 Å². The fraction of sp³-hybridized carbons (Fsp3) is 0.423. The highest BCUT2D eigenvalue weighted by atomic mass is 16.2. The van der Waals surface area contributed by atoms with Gasteiger partial charge in [-0.1, -0.05) is 61.9 Å². The van der Waals surface area contributed by atoms with Crippen LogP contribution in [0.3, 0.4) is 0 Å². The van der Waals surface area contributed by atoms with Gasteiger partial charge in [-0.3, -0.25) is 14.5 Å². The van der Waals surface area contributed by atoms with E-state index in [1.165, 1.54) is 0 Å². The van der Waals surface area contributed by atoms with Gasteiger partial charge >= 0.3 is 6.03 Å². The van der Waals surface area contributed by atoms with Crippen LogP contribution in [0.5, 0.6) is 0 Å². The lowest BCUT2D eigenvalue weighted by Crippen LogP contribution is -2.50. The summed E-state index contributed by atoms with van der Waals surface area (Å²) in [6, 6.07) is 15.8. The number of benzene rings is 2. The molecule has 32 heavy (non-hydrogen) atoms. The zero-order chi connectivity index (χ0) is 22.3. The van der Waals surface area contributed by atoms with E-state index in [1.807, 2.05) is 36.4 Å². The van der Waals surface area contributed by atoms with Gasteiger partial charge < -0.3 is 10.2 Å². The van der Waals surface area contributed by atoms with E-state index in [0.29, 0.717) is 31.8 Å². The molecule has 2 aliphatic heterocycles. The Balaban J connectivity index is 1.36. The van der Waals surface area contributed by atoms with Gasteiger partial charge in [0, 0.05) is 13.1 Å². The van der Waals surface area contributed by atoms with E-state index in [1.54, 1.807) is 4.90 Å². The molecule has 0 bridgehead atoms. The van der Waals surface area contributed by atoms with Crippen molar-refractivity contribution < 1.29 is 14.4 Å². The number of nitrogens with one attached hydrogen (secondary N) is 1. The van der Waals surface area contributed by atoms with Gasteiger partial charge in [-0.15, -0.1) is 0 Å². The van der Waals surface area contributed by atoms with E-state index >= 15 is 0 Å². The first-order valence-corrected chi connectivity index (χ1v) is 11.6. The highest BCUT2D eigenvalue weighted by molar-refractivity contribution is 6.09. The highest BCUT2D eigenvalue weighted by Gasteiger charge is 2.52. The van der Waals surface area contributed by atoms with E-state index in [9.17, 15) is 14.4 Å². The number of imide groups is 1. The van der Waals surface area contributed by atoms with Gasteiger partial charge in [0.2, 0.25) is 5.91 Å². The first-order chi connectivity index (χ1) is 15.5. The van der Waals surface area contributed by atoms with Crippen molar-refractivity contribution in [1.82, 2.24) is 15.1 Å². The fourth-order valence-electron chi connectivity index (χ4n) is 5.46. The Hall–Kier alpha value is -3.15. The molecule has 2 heterocycles. The van der Waals surface area contributed by atoms with Crippen LogP contribution >= 0.6 is 0 Å². The summed E-state index contributed by atoms with van der Waals surface area (Å²) in [5.74, 6) is 0.165. The van der Waals surface area contributed by atoms with Crippen molar-refractivity contribution in [3.8, 4) is 11.1 Å². The van der Waals surface area contributed by atoms with Crippen molar-refractivity contribution in [3.05, 3.63) is 59.7 Å². The number of fused-ring (bicyclic) bond motifs is 3. The summed E-state index contributed by atoms with van der Waals surface area (Å²) in [4.78, 5) is 42.2. The third kappa shape index (κ3) is 3.48. The molecule has 6 heteroatoms. The Morgan fingerprint density at radius 2 is 1.53 bits per heavy atom. The van der Waals surface area contributed by atoms with Crippen molar-refractivity contribution in [1.29, 1.82) is 0 Å². The highest BCUT2D eigenvalue weighted by Crippen LogP contribution is 2.38. The molecule has 1 saturated heterocycles. The van der Waals surface area contributed by atoms with Crippen LogP contribution in [0.15, 0.2) is 48.5 Å². The van der Waals surface area contributed by atoms with Gasteiger partial charge in [-0.25, -0.2) is 4.79 Å². The van der Waals surface area contributed by atoms with Crippen LogP contribution in [0.25, 0.3) is 11.1 Å². The average molecular weight is 432 g/mol. The quantitative estimate of drug-likeness (QED) is 0.745. The lowest BCUT2D eigenvalue weighted by molar-refractivity contribution is -0.140. The van der Waals surface area contributed by atoms with Crippen molar-refractivity contribution in [3.63, 3.8) is 0 Å². The smallest absolute Gasteiger partial charge is 0.325 e. The van der Waals surface area contributed by atoms with Gasteiger partial charge in [0.1, 0.15) is 12.1 Å². The number of hydrogen-bond acceptors (Lipinski definition) is 3. The molecule has 166 valence electrons. The van der Waals surface area contributed by atoms with Crippen LogP contribution in [0, 0.1) is 5.92 Å². The molecule has 4 amide bonds. The van der Waals surface area contributed by atoms with Crippen LogP contribution < -0.4 is 5.32 Å². The van der Waals surface area contributed by atoms with Crippen molar-refractivity contribution in [2.24, 2.45) is 5.92 Å². The fourth-order valence-corrected chi connectivity index (χ4v) is 5.46. The van der Waals surface area contributed by atoms with Gasteiger partial charge in [0.05, 0.1) is 0 Å².